The number of methoxy groups -OCH3 is 1. The van der Waals surface area contributed by atoms with Gasteiger partial charge in [-0.05, 0) is 30.7 Å². The standard InChI is InChI=1S/C13H13ClN2O2/c1-8-3-5-10(14)9-4-6-11(16-13(8)9)15-12(17)7-18-2/h3-6H,7H2,1-2H3,(H,15,16,17). The summed E-state index contributed by atoms with van der Waals surface area (Å²) in [6.07, 6.45) is 0. The number of amides is 1. The van der Waals surface area contributed by atoms with Crippen LogP contribution in [0.5, 0.6) is 0 Å². The van der Waals surface area contributed by atoms with E-state index in [9.17, 15) is 4.79 Å². The van der Waals surface area contributed by atoms with Crippen LogP contribution in [0.15, 0.2) is 24.3 Å². The molecule has 4 nitrogen and oxygen atoms in total. The number of anilines is 1. The molecule has 1 amide bonds. The van der Waals surface area contributed by atoms with E-state index in [0.29, 0.717) is 10.8 Å². The molecule has 0 atom stereocenters. The van der Waals surface area contributed by atoms with Gasteiger partial charge in [-0.25, -0.2) is 4.98 Å². The summed E-state index contributed by atoms with van der Waals surface area (Å²) >= 11 is 6.09. The summed E-state index contributed by atoms with van der Waals surface area (Å²) in [6, 6.07) is 7.31. The molecule has 1 aromatic carbocycles. The monoisotopic (exact) mass is 264 g/mol. The van der Waals surface area contributed by atoms with E-state index >= 15 is 0 Å². The first-order valence-corrected chi connectivity index (χ1v) is 5.84. The number of benzene rings is 1. The molecule has 94 valence electrons. The van der Waals surface area contributed by atoms with Crippen molar-refractivity contribution in [2.45, 2.75) is 6.92 Å². The molecule has 0 bridgehead atoms. The van der Waals surface area contributed by atoms with Crippen LogP contribution >= 0.6 is 11.6 Å². The lowest BCUT2D eigenvalue weighted by Gasteiger charge is -2.07. The Morgan fingerprint density at radius 1 is 1.39 bits per heavy atom. The number of fused-ring (bicyclic) bond motifs is 1. The van der Waals surface area contributed by atoms with Crippen LogP contribution in [0.3, 0.4) is 0 Å². The van der Waals surface area contributed by atoms with Gasteiger partial charge in [0.25, 0.3) is 5.91 Å². The minimum absolute atomic E-state index is 0.00818. The van der Waals surface area contributed by atoms with E-state index in [4.69, 9.17) is 16.3 Å². The number of carbonyl (C=O) groups excluding carboxylic acids is 1. The van der Waals surface area contributed by atoms with E-state index in [0.717, 1.165) is 16.5 Å². The van der Waals surface area contributed by atoms with Gasteiger partial charge in [0.2, 0.25) is 0 Å². The van der Waals surface area contributed by atoms with Crippen molar-refractivity contribution in [3.05, 3.63) is 34.9 Å². The Balaban J connectivity index is 2.38. The van der Waals surface area contributed by atoms with E-state index in [1.807, 2.05) is 25.1 Å². The first-order chi connectivity index (χ1) is 8.61. The fourth-order valence-electron chi connectivity index (χ4n) is 1.70. The molecule has 1 heterocycles. The summed E-state index contributed by atoms with van der Waals surface area (Å²) in [7, 11) is 1.47. The van der Waals surface area contributed by atoms with Crippen molar-refractivity contribution in [2.75, 3.05) is 19.0 Å². The highest BCUT2D eigenvalue weighted by molar-refractivity contribution is 6.35. The minimum atomic E-state index is -0.232. The maximum absolute atomic E-state index is 11.4. The summed E-state index contributed by atoms with van der Waals surface area (Å²) in [5.41, 5.74) is 1.80. The number of aromatic nitrogens is 1. The van der Waals surface area contributed by atoms with Gasteiger partial charge in [0.1, 0.15) is 12.4 Å². The lowest BCUT2D eigenvalue weighted by molar-refractivity contribution is -0.119. The first kappa shape index (κ1) is 12.8. The fourth-order valence-corrected chi connectivity index (χ4v) is 1.91. The maximum atomic E-state index is 11.4. The molecule has 0 aliphatic carbocycles. The Kier molecular flexibility index (Phi) is 3.79. The second-order valence-electron chi connectivity index (χ2n) is 3.94. The predicted molar refractivity (Wildman–Crippen MR) is 72.0 cm³/mol. The van der Waals surface area contributed by atoms with Gasteiger partial charge >= 0.3 is 0 Å². The molecule has 5 heteroatoms. The van der Waals surface area contributed by atoms with Crippen molar-refractivity contribution < 1.29 is 9.53 Å². The Labute approximate surface area is 110 Å². The molecular weight excluding hydrogens is 252 g/mol. The zero-order valence-corrected chi connectivity index (χ0v) is 10.9. The van der Waals surface area contributed by atoms with Gasteiger partial charge in [-0.2, -0.15) is 0 Å². The van der Waals surface area contributed by atoms with E-state index in [1.165, 1.54) is 7.11 Å². The molecule has 0 aliphatic rings. The molecule has 2 rings (SSSR count). The van der Waals surface area contributed by atoms with Gasteiger partial charge in [0.05, 0.1) is 5.52 Å². The summed E-state index contributed by atoms with van der Waals surface area (Å²) in [6.45, 7) is 1.96. The number of nitrogens with one attached hydrogen (secondary N) is 1. The van der Waals surface area contributed by atoms with E-state index in [1.54, 1.807) is 6.07 Å². The second kappa shape index (κ2) is 5.33. The normalized spacial score (nSPS) is 10.6. The van der Waals surface area contributed by atoms with Crippen molar-refractivity contribution in [1.82, 2.24) is 4.98 Å². The Hall–Kier alpha value is -1.65. The zero-order chi connectivity index (χ0) is 13.1. The van der Waals surface area contributed by atoms with Crippen molar-refractivity contribution in [2.24, 2.45) is 0 Å². The fraction of sp³-hybridized carbons (Fsp3) is 0.231. The van der Waals surface area contributed by atoms with E-state index in [2.05, 4.69) is 10.3 Å². The molecule has 0 saturated heterocycles. The molecule has 2 aromatic rings. The average Bonchev–Trinajstić information content (AvgIpc) is 2.34. The number of aryl methyl sites for hydroxylation is 1. The third kappa shape index (κ3) is 2.60. The number of rotatable bonds is 3. The number of pyridine rings is 1. The Morgan fingerprint density at radius 3 is 2.89 bits per heavy atom. The van der Waals surface area contributed by atoms with Crippen LogP contribution in [0.1, 0.15) is 5.56 Å². The molecule has 0 saturated carbocycles. The molecular formula is C13H13ClN2O2. The predicted octanol–water partition coefficient (Wildman–Crippen LogP) is 2.78. The summed E-state index contributed by atoms with van der Waals surface area (Å²) < 4.78 is 4.75. The summed E-state index contributed by atoms with van der Waals surface area (Å²) in [5.74, 6) is 0.263. The maximum Gasteiger partial charge on any atom is 0.251 e. The lowest BCUT2D eigenvalue weighted by atomic mass is 10.1. The molecule has 1 N–H and O–H groups in total. The van der Waals surface area contributed by atoms with Crippen LogP contribution in [0.2, 0.25) is 5.02 Å². The summed E-state index contributed by atoms with van der Waals surface area (Å²) in [4.78, 5) is 15.8. The number of hydrogen-bond acceptors (Lipinski definition) is 3. The number of ether oxygens (including phenoxy) is 1. The molecule has 18 heavy (non-hydrogen) atoms. The Morgan fingerprint density at radius 2 is 2.17 bits per heavy atom. The second-order valence-corrected chi connectivity index (χ2v) is 4.35. The van der Waals surface area contributed by atoms with Crippen LogP contribution in [0, 0.1) is 6.92 Å². The van der Waals surface area contributed by atoms with E-state index in [-0.39, 0.29) is 12.5 Å². The number of hydrogen-bond donors (Lipinski definition) is 1. The third-order valence-corrected chi connectivity index (χ3v) is 2.88. The third-order valence-electron chi connectivity index (χ3n) is 2.55. The van der Waals surface area contributed by atoms with Gasteiger partial charge < -0.3 is 10.1 Å². The minimum Gasteiger partial charge on any atom is -0.375 e. The van der Waals surface area contributed by atoms with Gasteiger partial charge in [0, 0.05) is 17.5 Å². The van der Waals surface area contributed by atoms with Gasteiger partial charge in [0.15, 0.2) is 0 Å². The summed E-state index contributed by atoms with van der Waals surface area (Å²) in [5, 5.41) is 4.19. The smallest absolute Gasteiger partial charge is 0.251 e. The topological polar surface area (TPSA) is 51.2 Å². The van der Waals surface area contributed by atoms with Crippen molar-refractivity contribution in [3.63, 3.8) is 0 Å². The lowest BCUT2D eigenvalue weighted by Crippen LogP contribution is -2.17. The molecule has 0 fully saturated rings. The highest BCUT2D eigenvalue weighted by Crippen LogP contribution is 2.26. The van der Waals surface area contributed by atoms with Crippen LogP contribution in [0.4, 0.5) is 5.82 Å². The van der Waals surface area contributed by atoms with Crippen molar-refractivity contribution >= 4 is 34.2 Å². The number of nitrogens with zero attached hydrogens (tertiary/aromatic N) is 1. The van der Waals surface area contributed by atoms with E-state index < -0.39 is 0 Å². The highest BCUT2D eigenvalue weighted by Gasteiger charge is 2.07. The van der Waals surface area contributed by atoms with Gasteiger partial charge in [-0.3, -0.25) is 4.79 Å². The van der Waals surface area contributed by atoms with Crippen molar-refractivity contribution in [1.29, 1.82) is 0 Å². The van der Waals surface area contributed by atoms with Crippen LogP contribution in [0.25, 0.3) is 10.9 Å². The van der Waals surface area contributed by atoms with Gasteiger partial charge in [-0.1, -0.05) is 17.7 Å². The zero-order valence-electron chi connectivity index (χ0n) is 10.2. The average molecular weight is 265 g/mol. The molecule has 1 aromatic heterocycles. The molecule has 0 aliphatic heterocycles. The Bertz CT molecular complexity index is 599. The molecule has 0 radical (unpaired) electrons. The van der Waals surface area contributed by atoms with Crippen LogP contribution in [-0.2, 0) is 9.53 Å². The van der Waals surface area contributed by atoms with Crippen LogP contribution < -0.4 is 5.32 Å². The quantitative estimate of drug-likeness (QED) is 0.927. The number of carbonyl (C=O) groups is 1. The molecule has 0 unspecified atom stereocenters. The van der Waals surface area contributed by atoms with Gasteiger partial charge in [-0.15, -0.1) is 0 Å². The van der Waals surface area contributed by atoms with Crippen LogP contribution in [-0.4, -0.2) is 24.6 Å². The highest BCUT2D eigenvalue weighted by atomic mass is 35.5. The molecule has 0 spiro atoms. The largest absolute Gasteiger partial charge is 0.375 e. The van der Waals surface area contributed by atoms with Crippen molar-refractivity contribution in [3.8, 4) is 0 Å². The number of halogens is 1. The first-order valence-electron chi connectivity index (χ1n) is 5.46. The SMILES string of the molecule is COCC(=O)Nc1ccc2c(Cl)ccc(C)c2n1.